The molecule has 18 heavy (non-hydrogen) atoms. The van der Waals surface area contributed by atoms with Gasteiger partial charge in [-0.2, -0.15) is 15.1 Å². The quantitative estimate of drug-likeness (QED) is 0.282. The Balaban J connectivity index is 2.08. The summed E-state index contributed by atoms with van der Waals surface area (Å²) in [5, 5.41) is 19.9. The number of hydrazine groups is 1. The van der Waals surface area contributed by atoms with Crippen molar-refractivity contribution in [1.29, 1.82) is 0 Å². The first-order valence-electron chi connectivity index (χ1n) is 5.80. The minimum absolute atomic E-state index is 0.285. The fourth-order valence-electron chi connectivity index (χ4n) is 1.64. The Morgan fingerprint density at radius 1 is 1.50 bits per heavy atom. The maximum atomic E-state index is 9.18. The third kappa shape index (κ3) is 2.84. The predicted octanol–water partition coefficient (Wildman–Crippen LogP) is 0.211. The van der Waals surface area contributed by atoms with Gasteiger partial charge in [-0.1, -0.05) is 0 Å². The van der Waals surface area contributed by atoms with Gasteiger partial charge >= 0.3 is 0 Å². The van der Waals surface area contributed by atoms with E-state index in [9.17, 15) is 5.11 Å². The van der Waals surface area contributed by atoms with Gasteiger partial charge in [-0.3, -0.25) is 10.5 Å². The van der Waals surface area contributed by atoms with Crippen molar-refractivity contribution < 1.29 is 5.11 Å². The first-order chi connectivity index (χ1) is 8.70. The van der Waals surface area contributed by atoms with Crippen molar-refractivity contribution in [3.63, 3.8) is 0 Å². The number of nitrogens with zero attached hydrogens (tertiary/aromatic N) is 3. The normalized spacial score (nSPS) is 12.6. The molecule has 2 heterocycles. The minimum Gasteiger partial charge on any atom is -0.393 e. The lowest BCUT2D eigenvalue weighted by molar-refractivity contribution is 0.183. The molecule has 0 bridgehead atoms. The molecule has 0 spiro atoms. The number of nitrogens with one attached hydrogen (secondary N) is 3. The number of aliphatic hydroxyl groups excluding tert-OH is 1. The molecule has 0 fully saturated rings. The molecular weight excluding hydrogens is 234 g/mol. The summed E-state index contributed by atoms with van der Waals surface area (Å²) < 4.78 is 0. The number of aliphatic hydroxyl groups is 1. The van der Waals surface area contributed by atoms with E-state index in [0.717, 1.165) is 18.2 Å². The molecule has 0 aliphatic carbocycles. The largest absolute Gasteiger partial charge is 0.393 e. The second-order valence-corrected chi connectivity index (χ2v) is 4.09. The maximum absolute atomic E-state index is 9.18. The maximum Gasteiger partial charge on any atom is 0.241 e. The van der Waals surface area contributed by atoms with Crippen molar-refractivity contribution in [2.24, 2.45) is 5.84 Å². The van der Waals surface area contributed by atoms with Gasteiger partial charge in [-0.05, 0) is 19.8 Å². The van der Waals surface area contributed by atoms with Crippen LogP contribution in [0.4, 0.5) is 11.8 Å². The highest BCUT2D eigenvalue weighted by Crippen LogP contribution is 2.19. The van der Waals surface area contributed by atoms with Gasteiger partial charge in [0.05, 0.1) is 17.7 Å². The van der Waals surface area contributed by atoms with Crippen LogP contribution in [-0.2, 0) is 0 Å². The number of rotatable bonds is 6. The van der Waals surface area contributed by atoms with Crippen molar-refractivity contribution in [2.75, 3.05) is 17.3 Å². The molecular formula is C10H17N7O. The fraction of sp³-hybridized carbons (Fsp3) is 0.500. The molecule has 0 aromatic carbocycles. The predicted molar refractivity (Wildman–Crippen MR) is 68.9 cm³/mol. The standard InChI is InChI=1S/C10H17N7O/c1-6(18)3-2-4-12-8-7-5-13-17-9(7)15-10(14-8)16-11/h5-6,18H,2-4,11H2,1H3,(H3,12,13,14,15,16,17). The van der Waals surface area contributed by atoms with Gasteiger partial charge in [0.25, 0.3) is 0 Å². The summed E-state index contributed by atoms with van der Waals surface area (Å²) in [5.74, 6) is 6.30. The number of anilines is 2. The van der Waals surface area contributed by atoms with Gasteiger partial charge in [0.15, 0.2) is 5.65 Å². The van der Waals surface area contributed by atoms with Gasteiger partial charge < -0.3 is 10.4 Å². The lowest BCUT2D eigenvalue weighted by Crippen LogP contribution is -2.13. The Bertz CT molecular complexity index is 510. The van der Waals surface area contributed by atoms with Crippen molar-refractivity contribution in [3.8, 4) is 0 Å². The number of aromatic nitrogens is 4. The van der Waals surface area contributed by atoms with Gasteiger partial charge in [0.1, 0.15) is 5.82 Å². The first kappa shape index (κ1) is 12.5. The number of aromatic amines is 1. The van der Waals surface area contributed by atoms with Crippen molar-refractivity contribution in [1.82, 2.24) is 20.2 Å². The SMILES string of the molecule is CC(O)CCCNc1nc(NN)nc2[nH]ncc12. The van der Waals surface area contributed by atoms with Gasteiger partial charge in [0.2, 0.25) is 5.95 Å². The molecule has 2 rings (SSSR count). The molecule has 0 aliphatic rings. The number of hydrogen-bond donors (Lipinski definition) is 5. The van der Waals surface area contributed by atoms with Crippen LogP contribution in [0.1, 0.15) is 19.8 Å². The van der Waals surface area contributed by atoms with E-state index in [4.69, 9.17) is 5.84 Å². The van der Waals surface area contributed by atoms with E-state index < -0.39 is 0 Å². The summed E-state index contributed by atoms with van der Waals surface area (Å²) in [7, 11) is 0. The van der Waals surface area contributed by atoms with E-state index in [0.29, 0.717) is 24.0 Å². The Morgan fingerprint density at radius 2 is 2.33 bits per heavy atom. The summed E-state index contributed by atoms with van der Waals surface area (Å²) in [5.41, 5.74) is 3.03. The lowest BCUT2D eigenvalue weighted by Gasteiger charge is -2.08. The van der Waals surface area contributed by atoms with Crippen molar-refractivity contribution >= 4 is 22.8 Å². The highest BCUT2D eigenvalue weighted by molar-refractivity contribution is 5.86. The van der Waals surface area contributed by atoms with Crippen LogP contribution in [0.5, 0.6) is 0 Å². The lowest BCUT2D eigenvalue weighted by atomic mass is 10.2. The molecule has 1 unspecified atom stereocenters. The molecule has 0 amide bonds. The molecule has 6 N–H and O–H groups in total. The third-order valence-corrected chi connectivity index (χ3v) is 2.53. The Hall–Kier alpha value is -1.93. The number of hydrogen-bond acceptors (Lipinski definition) is 7. The highest BCUT2D eigenvalue weighted by atomic mass is 16.3. The zero-order chi connectivity index (χ0) is 13.0. The molecule has 0 saturated carbocycles. The average Bonchev–Trinajstić information content (AvgIpc) is 2.82. The number of fused-ring (bicyclic) bond motifs is 1. The van der Waals surface area contributed by atoms with E-state index in [1.807, 2.05) is 0 Å². The summed E-state index contributed by atoms with van der Waals surface area (Å²) >= 11 is 0. The van der Waals surface area contributed by atoms with Crippen LogP contribution < -0.4 is 16.6 Å². The zero-order valence-electron chi connectivity index (χ0n) is 10.1. The monoisotopic (exact) mass is 251 g/mol. The highest BCUT2D eigenvalue weighted by Gasteiger charge is 2.08. The molecule has 0 saturated heterocycles. The van der Waals surface area contributed by atoms with Crippen LogP contribution >= 0.6 is 0 Å². The second kappa shape index (κ2) is 5.61. The molecule has 2 aromatic heterocycles. The average molecular weight is 251 g/mol. The van der Waals surface area contributed by atoms with Crippen LogP contribution in [0.15, 0.2) is 6.20 Å². The van der Waals surface area contributed by atoms with E-state index in [1.54, 1.807) is 13.1 Å². The summed E-state index contributed by atoms with van der Waals surface area (Å²) in [6, 6.07) is 0. The molecule has 8 nitrogen and oxygen atoms in total. The molecule has 0 radical (unpaired) electrons. The van der Waals surface area contributed by atoms with E-state index in [2.05, 4.69) is 30.9 Å². The minimum atomic E-state index is -0.285. The van der Waals surface area contributed by atoms with Crippen molar-refractivity contribution in [2.45, 2.75) is 25.9 Å². The van der Waals surface area contributed by atoms with Gasteiger partial charge in [0, 0.05) is 6.54 Å². The molecule has 98 valence electrons. The van der Waals surface area contributed by atoms with Crippen LogP contribution in [0, 0.1) is 0 Å². The van der Waals surface area contributed by atoms with E-state index >= 15 is 0 Å². The van der Waals surface area contributed by atoms with Crippen LogP contribution in [0.2, 0.25) is 0 Å². The molecule has 1 atom stereocenters. The topological polar surface area (TPSA) is 125 Å². The first-order valence-corrected chi connectivity index (χ1v) is 5.80. The van der Waals surface area contributed by atoms with Crippen LogP contribution in [0.25, 0.3) is 11.0 Å². The van der Waals surface area contributed by atoms with Crippen LogP contribution in [0.3, 0.4) is 0 Å². The zero-order valence-corrected chi connectivity index (χ0v) is 10.1. The Labute approximate surface area is 104 Å². The fourth-order valence-corrected chi connectivity index (χ4v) is 1.64. The third-order valence-electron chi connectivity index (χ3n) is 2.53. The molecule has 8 heteroatoms. The smallest absolute Gasteiger partial charge is 0.241 e. The molecule has 2 aromatic rings. The van der Waals surface area contributed by atoms with Crippen LogP contribution in [-0.4, -0.2) is 37.9 Å². The molecule has 0 aliphatic heterocycles. The van der Waals surface area contributed by atoms with Crippen molar-refractivity contribution in [3.05, 3.63) is 6.20 Å². The van der Waals surface area contributed by atoms with Gasteiger partial charge in [-0.15, -0.1) is 0 Å². The summed E-state index contributed by atoms with van der Waals surface area (Å²) in [6.07, 6.45) is 2.97. The summed E-state index contributed by atoms with van der Waals surface area (Å²) in [6.45, 7) is 2.49. The number of nitrogens with two attached hydrogens (primary N) is 1. The number of nitrogen functional groups attached to an aromatic ring is 1. The van der Waals surface area contributed by atoms with E-state index in [1.165, 1.54) is 0 Å². The van der Waals surface area contributed by atoms with E-state index in [-0.39, 0.29) is 6.10 Å². The Kier molecular flexibility index (Phi) is 3.90. The van der Waals surface area contributed by atoms with Gasteiger partial charge in [-0.25, -0.2) is 5.84 Å². The number of H-pyrrole nitrogens is 1. The Morgan fingerprint density at radius 3 is 3.06 bits per heavy atom. The second-order valence-electron chi connectivity index (χ2n) is 4.09. The summed E-state index contributed by atoms with van der Waals surface area (Å²) in [4.78, 5) is 8.35.